The Kier molecular flexibility index (Phi) is 4.83. The number of rotatable bonds is 4. The highest BCUT2D eigenvalue weighted by atomic mass is 19.1. The Labute approximate surface area is 141 Å². The first-order chi connectivity index (χ1) is 11.5. The fourth-order valence-corrected chi connectivity index (χ4v) is 3.13. The zero-order valence-corrected chi connectivity index (χ0v) is 14.0. The normalized spacial score (nSPS) is 17.8. The summed E-state index contributed by atoms with van der Waals surface area (Å²) in [6.45, 7) is 3.76. The number of hydrogen-bond acceptors (Lipinski definition) is 3. The van der Waals surface area contributed by atoms with E-state index in [2.05, 4.69) is 5.10 Å². The van der Waals surface area contributed by atoms with Crippen LogP contribution in [0.5, 0.6) is 5.75 Å². The molecule has 0 N–H and O–H groups in total. The summed E-state index contributed by atoms with van der Waals surface area (Å²) in [5.74, 6) is 0.481. The molecule has 1 fully saturated rings. The van der Waals surface area contributed by atoms with Gasteiger partial charge in [0.2, 0.25) is 0 Å². The van der Waals surface area contributed by atoms with E-state index in [1.54, 1.807) is 23.9 Å². The van der Waals surface area contributed by atoms with Crippen molar-refractivity contribution in [2.75, 3.05) is 19.7 Å². The first kappa shape index (κ1) is 16.5. The first-order valence-corrected chi connectivity index (χ1v) is 8.21. The van der Waals surface area contributed by atoms with Gasteiger partial charge in [-0.15, -0.1) is 0 Å². The average Bonchev–Trinajstić information content (AvgIpc) is 2.91. The van der Waals surface area contributed by atoms with Crippen LogP contribution in [0, 0.1) is 18.7 Å². The predicted molar refractivity (Wildman–Crippen MR) is 88.5 cm³/mol. The third kappa shape index (κ3) is 3.75. The largest absolute Gasteiger partial charge is 0.493 e. The molecule has 2 aromatic rings. The van der Waals surface area contributed by atoms with Gasteiger partial charge in [-0.3, -0.25) is 9.48 Å². The number of hydrogen-bond donors (Lipinski definition) is 0. The molecule has 1 saturated heterocycles. The van der Waals surface area contributed by atoms with Crippen LogP contribution in [-0.4, -0.2) is 40.3 Å². The van der Waals surface area contributed by atoms with Crippen LogP contribution in [0.25, 0.3) is 0 Å². The minimum absolute atomic E-state index is 0.00792. The molecule has 1 aliphatic rings. The molecule has 0 aliphatic carbocycles. The number of carbonyl (C=O) groups is 1. The van der Waals surface area contributed by atoms with E-state index in [4.69, 9.17) is 4.74 Å². The standard InChI is InChI=1S/C18H22FN3O2/c1-13-9-17(21(2)20-13)18(23)22-8-4-5-14(11-22)12-24-16-7-3-6-15(19)10-16/h3,6-7,9-10,14H,4-5,8,11-12H2,1-2H3/t14-/m0/s1. The highest BCUT2D eigenvalue weighted by Crippen LogP contribution is 2.21. The van der Waals surface area contributed by atoms with Crippen molar-refractivity contribution in [3.05, 3.63) is 47.5 Å². The molecule has 5 nitrogen and oxygen atoms in total. The number of amides is 1. The molecule has 24 heavy (non-hydrogen) atoms. The summed E-state index contributed by atoms with van der Waals surface area (Å²) in [6, 6.07) is 7.96. The monoisotopic (exact) mass is 331 g/mol. The maximum atomic E-state index is 13.2. The van der Waals surface area contributed by atoms with Crippen LogP contribution in [-0.2, 0) is 7.05 Å². The molecular weight excluding hydrogens is 309 g/mol. The predicted octanol–water partition coefficient (Wildman–Crippen LogP) is 2.80. The maximum absolute atomic E-state index is 13.2. The Hall–Kier alpha value is -2.37. The summed E-state index contributed by atoms with van der Waals surface area (Å²) in [5, 5.41) is 4.24. The van der Waals surface area contributed by atoms with Crippen LogP contribution in [0.2, 0.25) is 0 Å². The summed E-state index contributed by atoms with van der Waals surface area (Å²) in [7, 11) is 1.79. The Balaban J connectivity index is 1.60. The summed E-state index contributed by atoms with van der Waals surface area (Å²) in [6.07, 6.45) is 1.95. The average molecular weight is 331 g/mol. The van der Waals surface area contributed by atoms with Crippen LogP contribution >= 0.6 is 0 Å². The molecule has 0 radical (unpaired) electrons. The quantitative estimate of drug-likeness (QED) is 0.865. The number of halogens is 1. The lowest BCUT2D eigenvalue weighted by Gasteiger charge is -2.32. The van der Waals surface area contributed by atoms with Crippen molar-refractivity contribution >= 4 is 5.91 Å². The summed E-state index contributed by atoms with van der Waals surface area (Å²) >= 11 is 0. The molecule has 0 saturated carbocycles. The molecule has 3 rings (SSSR count). The Morgan fingerprint density at radius 2 is 2.25 bits per heavy atom. The summed E-state index contributed by atoms with van der Waals surface area (Å²) < 4.78 is 20.5. The molecule has 0 unspecified atom stereocenters. The lowest BCUT2D eigenvalue weighted by Crippen LogP contribution is -2.42. The third-order valence-corrected chi connectivity index (χ3v) is 4.31. The van der Waals surface area contributed by atoms with Crippen LogP contribution < -0.4 is 4.74 Å². The Morgan fingerprint density at radius 1 is 1.42 bits per heavy atom. The SMILES string of the molecule is Cc1cc(C(=O)N2CCC[C@H](COc3cccc(F)c3)C2)n(C)n1. The van der Waals surface area contributed by atoms with Gasteiger partial charge in [0.25, 0.3) is 5.91 Å². The van der Waals surface area contributed by atoms with Gasteiger partial charge in [0, 0.05) is 32.1 Å². The van der Waals surface area contributed by atoms with Gasteiger partial charge in [-0.1, -0.05) is 6.07 Å². The van der Waals surface area contributed by atoms with Crippen LogP contribution in [0.15, 0.2) is 30.3 Å². The van der Waals surface area contributed by atoms with Crippen molar-refractivity contribution in [1.29, 1.82) is 0 Å². The number of benzene rings is 1. The second-order valence-corrected chi connectivity index (χ2v) is 6.32. The summed E-state index contributed by atoms with van der Waals surface area (Å²) in [5.41, 5.74) is 1.45. The minimum atomic E-state index is -0.306. The smallest absolute Gasteiger partial charge is 0.272 e. The van der Waals surface area contributed by atoms with Crippen molar-refractivity contribution in [3.63, 3.8) is 0 Å². The van der Waals surface area contributed by atoms with Crippen LogP contribution in [0.4, 0.5) is 4.39 Å². The van der Waals surface area contributed by atoms with E-state index < -0.39 is 0 Å². The number of aryl methyl sites for hydroxylation is 2. The van der Waals surface area contributed by atoms with Crippen molar-refractivity contribution < 1.29 is 13.9 Å². The lowest BCUT2D eigenvalue weighted by atomic mass is 9.98. The minimum Gasteiger partial charge on any atom is -0.493 e. The van der Waals surface area contributed by atoms with Crippen molar-refractivity contribution in [1.82, 2.24) is 14.7 Å². The van der Waals surface area contributed by atoms with Gasteiger partial charge in [0.05, 0.1) is 12.3 Å². The van der Waals surface area contributed by atoms with Crippen molar-refractivity contribution in [2.24, 2.45) is 13.0 Å². The van der Waals surface area contributed by atoms with E-state index in [0.29, 0.717) is 24.6 Å². The van der Waals surface area contributed by atoms with Gasteiger partial charge in [-0.25, -0.2) is 4.39 Å². The van der Waals surface area contributed by atoms with Gasteiger partial charge in [0.1, 0.15) is 17.3 Å². The number of carbonyl (C=O) groups excluding carboxylic acids is 1. The van der Waals surface area contributed by atoms with Gasteiger partial charge < -0.3 is 9.64 Å². The molecule has 1 aromatic heterocycles. The van der Waals surface area contributed by atoms with E-state index in [1.165, 1.54) is 12.1 Å². The molecule has 1 aliphatic heterocycles. The maximum Gasteiger partial charge on any atom is 0.272 e. The second-order valence-electron chi connectivity index (χ2n) is 6.32. The Morgan fingerprint density at radius 3 is 2.96 bits per heavy atom. The number of likely N-dealkylation sites (tertiary alicyclic amines) is 1. The first-order valence-electron chi connectivity index (χ1n) is 8.21. The molecule has 2 heterocycles. The molecule has 0 bridgehead atoms. The molecule has 1 aromatic carbocycles. The number of nitrogens with zero attached hydrogens (tertiary/aromatic N) is 3. The highest BCUT2D eigenvalue weighted by molar-refractivity contribution is 5.92. The molecule has 0 spiro atoms. The molecular formula is C18H22FN3O2. The van der Waals surface area contributed by atoms with E-state index in [0.717, 1.165) is 25.1 Å². The van der Waals surface area contributed by atoms with Crippen molar-refractivity contribution in [2.45, 2.75) is 19.8 Å². The van der Waals surface area contributed by atoms with E-state index in [-0.39, 0.29) is 17.6 Å². The highest BCUT2D eigenvalue weighted by Gasteiger charge is 2.26. The fourth-order valence-electron chi connectivity index (χ4n) is 3.13. The number of ether oxygens (including phenoxy) is 1. The topological polar surface area (TPSA) is 47.4 Å². The van der Waals surface area contributed by atoms with E-state index >= 15 is 0 Å². The Bertz CT molecular complexity index is 729. The van der Waals surface area contributed by atoms with Crippen LogP contribution in [0.1, 0.15) is 29.0 Å². The summed E-state index contributed by atoms with van der Waals surface area (Å²) in [4.78, 5) is 14.5. The van der Waals surface area contributed by atoms with Crippen molar-refractivity contribution in [3.8, 4) is 5.75 Å². The zero-order chi connectivity index (χ0) is 17.1. The fraction of sp³-hybridized carbons (Fsp3) is 0.444. The van der Waals surface area contributed by atoms with Gasteiger partial charge >= 0.3 is 0 Å². The molecule has 1 atom stereocenters. The lowest BCUT2D eigenvalue weighted by molar-refractivity contribution is 0.0622. The number of piperidine rings is 1. The molecule has 1 amide bonds. The van der Waals surface area contributed by atoms with Gasteiger partial charge in [0.15, 0.2) is 0 Å². The molecule has 128 valence electrons. The molecule has 6 heteroatoms. The van der Waals surface area contributed by atoms with Crippen LogP contribution in [0.3, 0.4) is 0 Å². The zero-order valence-electron chi connectivity index (χ0n) is 14.0. The van der Waals surface area contributed by atoms with Gasteiger partial charge in [-0.2, -0.15) is 5.10 Å². The third-order valence-electron chi connectivity index (χ3n) is 4.31. The second kappa shape index (κ2) is 7.03. The van der Waals surface area contributed by atoms with E-state index in [1.807, 2.05) is 17.9 Å². The number of aromatic nitrogens is 2. The van der Waals surface area contributed by atoms with Gasteiger partial charge in [-0.05, 0) is 38.0 Å². The van der Waals surface area contributed by atoms with E-state index in [9.17, 15) is 9.18 Å².